The minimum Gasteiger partial charge on any atom is -0.195 e. The van der Waals surface area contributed by atoms with E-state index in [2.05, 4.69) is 6.92 Å². The lowest BCUT2D eigenvalue weighted by atomic mass is 10.0. The molecule has 0 aromatic carbocycles. The fraction of sp³-hybridized carbons (Fsp3) is 1.00. The molecule has 1 heterocycles. The molecule has 0 bridgehead atoms. The lowest BCUT2D eigenvalue weighted by Crippen LogP contribution is -2.46. The Balaban J connectivity index is 2.61. The summed E-state index contributed by atoms with van der Waals surface area (Å²) in [5, 5.41) is 0. The lowest BCUT2D eigenvalue weighted by Gasteiger charge is -2.33. The second kappa shape index (κ2) is 6.19. The van der Waals surface area contributed by atoms with Gasteiger partial charge in [-0.1, -0.05) is 6.92 Å². The molecule has 1 fully saturated rings. The molecule has 0 aliphatic carbocycles. The highest BCUT2D eigenvalue weighted by Gasteiger charge is 2.29. The quantitative estimate of drug-likeness (QED) is 0.710. The van der Waals surface area contributed by atoms with Gasteiger partial charge in [-0.05, 0) is 25.2 Å². The van der Waals surface area contributed by atoms with E-state index < -0.39 is 10.2 Å². The maximum Gasteiger partial charge on any atom is 0.281 e. The highest BCUT2D eigenvalue weighted by molar-refractivity contribution is 7.86. The van der Waals surface area contributed by atoms with Crippen molar-refractivity contribution >= 4 is 21.8 Å². The molecule has 1 unspecified atom stereocenters. The van der Waals surface area contributed by atoms with Crippen LogP contribution >= 0.6 is 11.6 Å². The van der Waals surface area contributed by atoms with Gasteiger partial charge in [0.2, 0.25) is 0 Å². The monoisotopic (exact) mass is 268 g/mol. The van der Waals surface area contributed by atoms with Crippen molar-refractivity contribution in [2.45, 2.75) is 26.2 Å². The molecule has 1 atom stereocenters. The third-order valence-corrected chi connectivity index (χ3v) is 5.17. The SMILES string of the molecule is CC1CCCN(S(=O)(=O)N(C)CCCCl)C1. The van der Waals surface area contributed by atoms with E-state index in [9.17, 15) is 8.42 Å². The van der Waals surface area contributed by atoms with E-state index in [1.807, 2.05) is 0 Å². The molecule has 16 heavy (non-hydrogen) atoms. The van der Waals surface area contributed by atoms with Crippen molar-refractivity contribution in [1.82, 2.24) is 8.61 Å². The molecule has 1 aliphatic rings. The number of hydrogen-bond donors (Lipinski definition) is 0. The Labute approximate surface area is 104 Å². The number of nitrogens with zero attached hydrogens (tertiary/aromatic N) is 2. The van der Waals surface area contributed by atoms with Crippen molar-refractivity contribution in [1.29, 1.82) is 0 Å². The second-order valence-electron chi connectivity index (χ2n) is 4.48. The minimum atomic E-state index is -3.26. The van der Waals surface area contributed by atoms with Gasteiger partial charge in [0.25, 0.3) is 10.2 Å². The number of alkyl halides is 1. The van der Waals surface area contributed by atoms with Gasteiger partial charge in [-0.25, -0.2) is 0 Å². The van der Waals surface area contributed by atoms with Crippen LogP contribution in [0.5, 0.6) is 0 Å². The van der Waals surface area contributed by atoms with E-state index in [0.717, 1.165) is 12.8 Å². The molecule has 0 saturated carbocycles. The van der Waals surface area contributed by atoms with E-state index >= 15 is 0 Å². The van der Waals surface area contributed by atoms with Gasteiger partial charge in [-0.2, -0.15) is 17.0 Å². The Bertz CT molecular complexity index is 308. The van der Waals surface area contributed by atoms with Gasteiger partial charge in [0.15, 0.2) is 0 Å². The summed E-state index contributed by atoms with van der Waals surface area (Å²) >= 11 is 5.57. The van der Waals surface area contributed by atoms with Crippen molar-refractivity contribution in [2.75, 3.05) is 32.6 Å². The summed E-state index contributed by atoms with van der Waals surface area (Å²) in [7, 11) is -1.63. The molecule has 1 saturated heterocycles. The van der Waals surface area contributed by atoms with Crippen molar-refractivity contribution < 1.29 is 8.42 Å². The van der Waals surface area contributed by atoms with Crippen LogP contribution in [-0.2, 0) is 10.2 Å². The molecule has 0 amide bonds. The van der Waals surface area contributed by atoms with Gasteiger partial charge >= 0.3 is 0 Å². The molecular formula is C10H21ClN2O2S. The zero-order valence-electron chi connectivity index (χ0n) is 10.0. The fourth-order valence-corrected chi connectivity index (χ4v) is 3.63. The Morgan fingerprint density at radius 2 is 2.19 bits per heavy atom. The number of piperidine rings is 1. The van der Waals surface area contributed by atoms with Gasteiger partial charge in [0.05, 0.1) is 0 Å². The molecule has 0 aromatic heterocycles. The third-order valence-electron chi connectivity index (χ3n) is 2.95. The van der Waals surface area contributed by atoms with Crippen molar-refractivity contribution in [3.8, 4) is 0 Å². The van der Waals surface area contributed by atoms with Crippen LogP contribution in [0.25, 0.3) is 0 Å². The minimum absolute atomic E-state index is 0.463. The highest BCUT2D eigenvalue weighted by Crippen LogP contribution is 2.19. The van der Waals surface area contributed by atoms with E-state index in [1.165, 1.54) is 4.31 Å². The van der Waals surface area contributed by atoms with E-state index in [0.29, 0.717) is 37.9 Å². The molecule has 1 rings (SSSR count). The smallest absolute Gasteiger partial charge is 0.195 e. The predicted molar refractivity (Wildman–Crippen MR) is 66.9 cm³/mol. The maximum atomic E-state index is 12.1. The van der Waals surface area contributed by atoms with Crippen LogP contribution < -0.4 is 0 Å². The maximum absolute atomic E-state index is 12.1. The lowest BCUT2D eigenvalue weighted by molar-refractivity contribution is 0.264. The summed E-state index contributed by atoms with van der Waals surface area (Å²) < 4.78 is 27.3. The normalized spacial score (nSPS) is 23.9. The molecule has 0 aromatic rings. The molecule has 0 N–H and O–H groups in total. The number of halogens is 1. The molecule has 4 nitrogen and oxygen atoms in total. The largest absolute Gasteiger partial charge is 0.281 e. The van der Waals surface area contributed by atoms with Gasteiger partial charge in [-0.3, -0.25) is 0 Å². The van der Waals surface area contributed by atoms with Gasteiger partial charge in [-0.15, -0.1) is 11.6 Å². The van der Waals surface area contributed by atoms with E-state index in [-0.39, 0.29) is 0 Å². The Morgan fingerprint density at radius 3 is 2.75 bits per heavy atom. The first-order chi connectivity index (χ1) is 7.48. The average Bonchev–Trinajstić information content (AvgIpc) is 2.25. The van der Waals surface area contributed by atoms with E-state index in [1.54, 1.807) is 11.4 Å². The Morgan fingerprint density at radius 1 is 1.50 bits per heavy atom. The molecule has 6 heteroatoms. The van der Waals surface area contributed by atoms with Crippen molar-refractivity contribution in [3.63, 3.8) is 0 Å². The standard InChI is InChI=1S/C10H21ClN2O2S/c1-10-5-3-8-13(9-10)16(14,15)12(2)7-4-6-11/h10H,3-9H2,1-2H3. The molecule has 96 valence electrons. The highest BCUT2D eigenvalue weighted by atomic mass is 35.5. The van der Waals surface area contributed by atoms with Crippen LogP contribution in [0.3, 0.4) is 0 Å². The summed E-state index contributed by atoms with van der Waals surface area (Å²) in [6, 6.07) is 0. The summed E-state index contributed by atoms with van der Waals surface area (Å²) in [5.74, 6) is 0.959. The first kappa shape index (κ1) is 14.2. The molecule has 1 aliphatic heterocycles. The topological polar surface area (TPSA) is 40.6 Å². The van der Waals surface area contributed by atoms with Gasteiger partial charge in [0.1, 0.15) is 0 Å². The molecule has 0 radical (unpaired) electrons. The Kier molecular flexibility index (Phi) is 5.50. The van der Waals surface area contributed by atoms with Crippen molar-refractivity contribution in [3.05, 3.63) is 0 Å². The second-order valence-corrected chi connectivity index (χ2v) is 6.89. The molecular weight excluding hydrogens is 248 g/mol. The number of rotatable bonds is 5. The van der Waals surface area contributed by atoms with Crippen LogP contribution in [0.2, 0.25) is 0 Å². The van der Waals surface area contributed by atoms with Crippen LogP contribution in [0, 0.1) is 5.92 Å². The van der Waals surface area contributed by atoms with Gasteiger partial charge in [0, 0.05) is 32.6 Å². The fourth-order valence-electron chi connectivity index (χ4n) is 1.95. The van der Waals surface area contributed by atoms with Crippen LogP contribution in [0.4, 0.5) is 0 Å². The zero-order valence-corrected chi connectivity index (χ0v) is 11.6. The van der Waals surface area contributed by atoms with Crippen LogP contribution in [0.15, 0.2) is 0 Å². The van der Waals surface area contributed by atoms with Crippen LogP contribution in [-0.4, -0.2) is 49.6 Å². The zero-order chi connectivity index (χ0) is 12.2. The van der Waals surface area contributed by atoms with Gasteiger partial charge < -0.3 is 0 Å². The predicted octanol–water partition coefficient (Wildman–Crippen LogP) is 1.52. The molecule has 0 spiro atoms. The van der Waals surface area contributed by atoms with Crippen LogP contribution in [0.1, 0.15) is 26.2 Å². The first-order valence-electron chi connectivity index (χ1n) is 5.76. The summed E-state index contributed by atoms with van der Waals surface area (Å²) in [6.07, 6.45) is 2.78. The average molecular weight is 269 g/mol. The summed E-state index contributed by atoms with van der Waals surface area (Å²) in [4.78, 5) is 0. The van der Waals surface area contributed by atoms with E-state index in [4.69, 9.17) is 11.6 Å². The first-order valence-corrected chi connectivity index (χ1v) is 7.69. The Hall–Kier alpha value is 0.160. The third kappa shape index (κ3) is 3.58. The summed E-state index contributed by atoms with van der Waals surface area (Å²) in [5.41, 5.74) is 0. The number of hydrogen-bond acceptors (Lipinski definition) is 2. The van der Waals surface area contributed by atoms with Crippen molar-refractivity contribution in [2.24, 2.45) is 5.92 Å². The summed E-state index contributed by atoms with van der Waals surface area (Å²) in [6.45, 7) is 3.89.